The number of hydrogen-bond donors (Lipinski definition) is 3. The maximum absolute atomic E-state index is 12.6. The van der Waals surface area contributed by atoms with Crippen molar-refractivity contribution in [2.24, 2.45) is 0 Å². The fourth-order valence-electron chi connectivity index (χ4n) is 3.28. The molecule has 0 aliphatic heterocycles. The standard InChI is InChI=1S/C25H34N2O7S2/c1-25(2,3)27-36(31,32)15-14-21(26-24(30)34-16-18-8-6-5-7-9-18)22(23(28)29)35-17-19-10-12-20(33-4)13-11-19/h5-13,21-22,27H,14-17H2,1-4H3,(H,26,30)(H,28,29)/t21-,22?/m0/s1. The number of amides is 1. The molecule has 0 aromatic heterocycles. The van der Waals surface area contributed by atoms with Crippen molar-refractivity contribution < 1.29 is 32.6 Å². The molecule has 1 unspecified atom stereocenters. The first kappa shape index (κ1) is 29.5. The Balaban J connectivity index is 2.14. The molecule has 1 amide bonds. The third-order valence-corrected chi connectivity index (χ3v) is 7.96. The van der Waals surface area contributed by atoms with Gasteiger partial charge in [-0.3, -0.25) is 4.79 Å². The SMILES string of the molecule is COc1ccc(CSC(C(=O)O)[C@H](CCS(=O)(=O)NC(C)(C)C)NC(=O)OCc2ccccc2)cc1. The van der Waals surface area contributed by atoms with E-state index in [0.717, 1.165) is 22.9 Å². The quantitative estimate of drug-likeness (QED) is 0.351. The number of rotatable bonds is 13. The molecule has 9 nitrogen and oxygen atoms in total. The number of carbonyl (C=O) groups excluding carboxylic acids is 1. The van der Waals surface area contributed by atoms with Crippen molar-refractivity contribution in [3.63, 3.8) is 0 Å². The number of carboxylic acids is 1. The number of alkyl carbamates (subject to hydrolysis) is 1. The van der Waals surface area contributed by atoms with Gasteiger partial charge in [0.15, 0.2) is 0 Å². The first-order valence-corrected chi connectivity index (χ1v) is 14.0. The van der Waals surface area contributed by atoms with Crippen molar-refractivity contribution >= 4 is 33.8 Å². The maximum atomic E-state index is 12.6. The maximum Gasteiger partial charge on any atom is 0.407 e. The molecule has 0 heterocycles. The molecular formula is C25H34N2O7S2. The van der Waals surface area contributed by atoms with Crippen LogP contribution in [0.3, 0.4) is 0 Å². The zero-order valence-electron chi connectivity index (χ0n) is 20.9. The normalized spacial score (nSPS) is 13.4. The lowest BCUT2D eigenvalue weighted by Crippen LogP contribution is -2.48. The fourth-order valence-corrected chi connectivity index (χ4v) is 6.03. The van der Waals surface area contributed by atoms with Crippen molar-refractivity contribution in [2.45, 2.75) is 56.4 Å². The molecule has 2 aromatic rings. The molecule has 3 N–H and O–H groups in total. The molecule has 0 saturated heterocycles. The summed E-state index contributed by atoms with van der Waals surface area (Å²) in [6, 6.07) is 15.2. The molecule has 0 fully saturated rings. The summed E-state index contributed by atoms with van der Waals surface area (Å²) >= 11 is 1.10. The van der Waals surface area contributed by atoms with Crippen LogP contribution in [0.1, 0.15) is 38.3 Å². The third-order valence-electron chi connectivity index (χ3n) is 4.87. The van der Waals surface area contributed by atoms with Crippen LogP contribution in [0.15, 0.2) is 54.6 Å². The molecule has 0 aliphatic rings. The van der Waals surface area contributed by atoms with Crippen LogP contribution in [0, 0.1) is 0 Å². The second-order valence-corrected chi connectivity index (χ2v) is 12.2. The van der Waals surface area contributed by atoms with Crippen molar-refractivity contribution in [1.29, 1.82) is 0 Å². The van der Waals surface area contributed by atoms with Gasteiger partial charge >= 0.3 is 12.1 Å². The summed E-state index contributed by atoms with van der Waals surface area (Å²) in [7, 11) is -2.16. The van der Waals surface area contributed by atoms with Gasteiger partial charge in [-0.05, 0) is 50.5 Å². The van der Waals surface area contributed by atoms with Gasteiger partial charge in [0, 0.05) is 11.3 Å². The van der Waals surface area contributed by atoms with Crippen LogP contribution in [-0.4, -0.2) is 55.3 Å². The first-order valence-electron chi connectivity index (χ1n) is 11.3. The van der Waals surface area contributed by atoms with Gasteiger partial charge in [-0.1, -0.05) is 42.5 Å². The highest BCUT2D eigenvalue weighted by Crippen LogP contribution is 2.24. The minimum Gasteiger partial charge on any atom is -0.497 e. The largest absolute Gasteiger partial charge is 0.497 e. The molecule has 0 radical (unpaired) electrons. The minimum absolute atomic E-state index is 0.000000836. The van der Waals surface area contributed by atoms with Gasteiger partial charge in [0.1, 0.15) is 17.6 Å². The highest BCUT2D eigenvalue weighted by Gasteiger charge is 2.32. The predicted molar refractivity (Wildman–Crippen MR) is 141 cm³/mol. The van der Waals surface area contributed by atoms with E-state index in [9.17, 15) is 23.1 Å². The van der Waals surface area contributed by atoms with Crippen LogP contribution in [0.25, 0.3) is 0 Å². The lowest BCUT2D eigenvalue weighted by atomic mass is 10.1. The van der Waals surface area contributed by atoms with Crippen LogP contribution >= 0.6 is 11.8 Å². The lowest BCUT2D eigenvalue weighted by molar-refractivity contribution is -0.136. The van der Waals surface area contributed by atoms with E-state index >= 15 is 0 Å². The Hall–Kier alpha value is -2.76. The molecule has 2 aromatic carbocycles. The summed E-state index contributed by atoms with van der Waals surface area (Å²) in [6.45, 7) is 5.14. The van der Waals surface area contributed by atoms with Gasteiger partial charge in [0.2, 0.25) is 10.0 Å². The number of nitrogens with one attached hydrogen (secondary N) is 2. The second-order valence-electron chi connectivity index (χ2n) is 9.19. The smallest absolute Gasteiger partial charge is 0.407 e. The van der Waals surface area contributed by atoms with Crippen molar-refractivity contribution in [1.82, 2.24) is 10.0 Å². The Bertz CT molecular complexity index is 1090. The number of ether oxygens (including phenoxy) is 2. The molecule has 0 saturated carbocycles. The van der Waals surface area contributed by atoms with Crippen LogP contribution in [0.2, 0.25) is 0 Å². The summed E-state index contributed by atoms with van der Waals surface area (Å²) in [5.74, 6) is -0.509. The minimum atomic E-state index is -3.72. The van der Waals surface area contributed by atoms with Gasteiger partial charge < -0.3 is 19.9 Å². The zero-order chi connectivity index (χ0) is 26.8. The zero-order valence-corrected chi connectivity index (χ0v) is 22.5. The van der Waals surface area contributed by atoms with Crippen molar-refractivity contribution in [3.8, 4) is 5.75 Å². The molecule has 0 aliphatic carbocycles. The number of sulfonamides is 1. The van der Waals surface area contributed by atoms with Crippen molar-refractivity contribution in [3.05, 3.63) is 65.7 Å². The van der Waals surface area contributed by atoms with E-state index in [0.29, 0.717) is 11.5 Å². The predicted octanol–water partition coefficient (Wildman–Crippen LogP) is 3.78. The molecule has 11 heteroatoms. The number of aliphatic carboxylic acids is 1. The Morgan fingerprint density at radius 2 is 1.67 bits per heavy atom. The van der Waals surface area contributed by atoms with E-state index in [-0.39, 0.29) is 18.8 Å². The number of carboxylic acid groups (broad SMARTS) is 1. The van der Waals surface area contributed by atoms with Crippen LogP contribution < -0.4 is 14.8 Å². The Labute approximate surface area is 217 Å². The van der Waals surface area contributed by atoms with Gasteiger partial charge in [-0.25, -0.2) is 17.9 Å². The van der Waals surface area contributed by atoms with Crippen LogP contribution in [-0.2, 0) is 31.9 Å². The average Bonchev–Trinajstić information content (AvgIpc) is 2.80. The monoisotopic (exact) mass is 538 g/mol. The highest BCUT2D eigenvalue weighted by molar-refractivity contribution is 7.99. The number of methoxy groups -OCH3 is 1. The second kappa shape index (κ2) is 13.5. The molecule has 36 heavy (non-hydrogen) atoms. The Morgan fingerprint density at radius 1 is 1.03 bits per heavy atom. The van der Waals surface area contributed by atoms with Gasteiger partial charge in [-0.15, -0.1) is 11.8 Å². The Kier molecular flexibility index (Phi) is 11.1. The van der Waals surface area contributed by atoms with E-state index in [4.69, 9.17) is 9.47 Å². The van der Waals surface area contributed by atoms with E-state index in [1.54, 1.807) is 52.1 Å². The molecule has 0 spiro atoms. The fraction of sp³-hybridized carbons (Fsp3) is 0.440. The summed E-state index contributed by atoms with van der Waals surface area (Å²) < 4.78 is 38.1. The average molecular weight is 539 g/mol. The van der Waals surface area contributed by atoms with Crippen LogP contribution in [0.4, 0.5) is 4.79 Å². The Morgan fingerprint density at radius 3 is 2.22 bits per heavy atom. The number of thioether (sulfide) groups is 1. The van der Waals surface area contributed by atoms with Gasteiger partial charge in [-0.2, -0.15) is 0 Å². The van der Waals surface area contributed by atoms with Crippen LogP contribution in [0.5, 0.6) is 5.75 Å². The molecule has 0 bridgehead atoms. The molecule has 2 atom stereocenters. The van der Waals surface area contributed by atoms with Gasteiger partial charge in [0.05, 0.1) is 18.9 Å². The third kappa shape index (κ3) is 10.9. The lowest BCUT2D eigenvalue weighted by Gasteiger charge is -2.26. The summed E-state index contributed by atoms with van der Waals surface area (Å²) in [5.41, 5.74) is 0.940. The van der Waals surface area contributed by atoms with E-state index in [1.807, 2.05) is 30.3 Å². The van der Waals surface area contributed by atoms with E-state index in [2.05, 4.69) is 10.0 Å². The summed E-state index contributed by atoms with van der Waals surface area (Å²) in [4.78, 5) is 24.7. The molecular weight excluding hydrogens is 504 g/mol. The summed E-state index contributed by atoms with van der Waals surface area (Å²) in [6.07, 6.45) is -0.931. The number of carbonyl (C=O) groups is 2. The molecule has 2 rings (SSSR count). The number of benzene rings is 2. The highest BCUT2D eigenvalue weighted by atomic mass is 32.2. The summed E-state index contributed by atoms with van der Waals surface area (Å²) in [5, 5.41) is 11.4. The van der Waals surface area contributed by atoms with Crippen molar-refractivity contribution in [2.75, 3.05) is 12.9 Å². The molecule has 198 valence electrons. The van der Waals surface area contributed by atoms with E-state index in [1.165, 1.54) is 0 Å². The topological polar surface area (TPSA) is 131 Å². The van der Waals surface area contributed by atoms with E-state index < -0.39 is 38.9 Å². The van der Waals surface area contributed by atoms with Gasteiger partial charge in [0.25, 0.3) is 0 Å². The number of hydrogen-bond acceptors (Lipinski definition) is 7. The first-order chi connectivity index (χ1) is 16.9.